The zero-order chi connectivity index (χ0) is 20.5. The molecule has 2 heterocycles. The molecule has 1 aliphatic carbocycles. The van der Waals surface area contributed by atoms with Gasteiger partial charge in [-0.3, -0.25) is 9.59 Å². The summed E-state index contributed by atoms with van der Waals surface area (Å²) >= 11 is 0. The predicted octanol–water partition coefficient (Wildman–Crippen LogP) is 3.22. The second-order valence-corrected chi connectivity index (χ2v) is 7.63. The van der Waals surface area contributed by atoms with Crippen LogP contribution in [0.1, 0.15) is 59.3 Å². The lowest BCUT2D eigenvalue weighted by atomic mass is 9.71. The van der Waals surface area contributed by atoms with Crippen molar-refractivity contribution in [2.45, 2.75) is 71.0 Å². The number of Topliss-reactive ketones (excluding diaryl/α,β-unsaturated/α-hetero) is 1. The number of esters is 1. The highest BCUT2D eigenvalue weighted by Gasteiger charge is 2.56. The van der Waals surface area contributed by atoms with Gasteiger partial charge < -0.3 is 14.6 Å². The Morgan fingerprint density at radius 1 is 1.29 bits per heavy atom. The van der Waals surface area contributed by atoms with Crippen molar-refractivity contribution in [1.82, 2.24) is 0 Å². The quantitative estimate of drug-likeness (QED) is 0.298. The summed E-state index contributed by atoms with van der Waals surface area (Å²) in [7, 11) is 0. The monoisotopic (exact) mass is 386 g/mol. The second-order valence-electron chi connectivity index (χ2n) is 7.63. The number of carbonyl (C=O) groups is 3. The van der Waals surface area contributed by atoms with Gasteiger partial charge in [-0.1, -0.05) is 32.6 Å². The Morgan fingerprint density at radius 2 is 2.00 bits per heavy atom. The van der Waals surface area contributed by atoms with Gasteiger partial charge in [0, 0.05) is 23.1 Å². The van der Waals surface area contributed by atoms with E-state index in [1.165, 1.54) is 13.2 Å². The number of carbonyl (C=O) groups excluding carboxylic acids is 3. The lowest BCUT2D eigenvalue weighted by molar-refractivity contribution is -0.153. The number of fused-ring (bicyclic) bond motifs is 2. The molecule has 0 spiro atoms. The number of ether oxygens (including phenoxy) is 2. The van der Waals surface area contributed by atoms with Gasteiger partial charge in [-0.25, -0.2) is 4.79 Å². The average molecular weight is 386 g/mol. The van der Waals surface area contributed by atoms with E-state index in [2.05, 4.69) is 6.92 Å². The molecular weight excluding hydrogens is 360 g/mol. The standard InChI is InChI=1S/C22H26O6/c1-4-5-6-7-8-9-17(24)18-19-15(11-23)14-10-13(2)27-12-16(14)20(25)22(19,3)28-21(18)26/h10-12,20,25H,4-9H2,1-3H3/t20-,22+/m1/s1. The number of aliphatic hydroxyl groups is 1. The fourth-order valence-electron chi connectivity index (χ4n) is 4.05. The summed E-state index contributed by atoms with van der Waals surface area (Å²) in [4.78, 5) is 37.4. The number of ketones is 1. The van der Waals surface area contributed by atoms with E-state index in [1.807, 2.05) is 0 Å². The molecule has 0 radical (unpaired) electrons. The fraction of sp³-hybridized carbons (Fsp3) is 0.500. The van der Waals surface area contributed by atoms with E-state index in [0.29, 0.717) is 29.6 Å². The van der Waals surface area contributed by atoms with Crippen LogP contribution in [0.25, 0.3) is 0 Å². The average Bonchev–Trinajstić information content (AvgIpc) is 2.93. The zero-order valence-corrected chi connectivity index (χ0v) is 16.5. The molecule has 0 unspecified atom stereocenters. The van der Waals surface area contributed by atoms with Gasteiger partial charge in [0.2, 0.25) is 0 Å². The van der Waals surface area contributed by atoms with Crippen LogP contribution in [-0.2, 0) is 23.9 Å². The number of allylic oxidation sites excluding steroid dienone is 2. The molecule has 0 saturated heterocycles. The molecule has 0 amide bonds. The Bertz CT molecular complexity index is 841. The normalized spacial score (nSPS) is 26.1. The maximum atomic E-state index is 12.8. The molecule has 28 heavy (non-hydrogen) atoms. The largest absolute Gasteiger partial charge is 0.469 e. The summed E-state index contributed by atoms with van der Waals surface area (Å²) in [5.41, 5.74) is -0.384. The highest BCUT2D eigenvalue weighted by molar-refractivity contribution is 6.21. The van der Waals surface area contributed by atoms with Gasteiger partial charge in [0.25, 0.3) is 0 Å². The van der Waals surface area contributed by atoms with E-state index in [-0.39, 0.29) is 28.9 Å². The molecule has 0 saturated carbocycles. The Kier molecular flexibility index (Phi) is 5.70. The van der Waals surface area contributed by atoms with Crippen LogP contribution in [0.3, 0.4) is 0 Å². The topological polar surface area (TPSA) is 89.9 Å². The van der Waals surface area contributed by atoms with Gasteiger partial charge in [0.1, 0.15) is 17.4 Å². The molecule has 2 atom stereocenters. The molecule has 2 aliphatic heterocycles. The summed E-state index contributed by atoms with van der Waals surface area (Å²) in [6.07, 6.45) is 7.43. The van der Waals surface area contributed by atoms with Crippen molar-refractivity contribution in [3.8, 4) is 0 Å². The van der Waals surface area contributed by atoms with Gasteiger partial charge >= 0.3 is 5.97 Å². The summed E-state index contributed by atoms with van der Waals surface area (Å²) in [6.45, 7) is 5.36. The fourth-order valence-corrected chi connectivity index (χ4v) is 4.05. The van der Waals surface area contributed by atoms with Gasteiger partial charge in [-0.15, -0.1) is 0 Å². The molecule has 0 aromatic heterocycles. The minimum Gasteiger partial charge on any atom is -0.469 e. The van der Waals surface area contributed by atoms with Crippen LogP contribution in [0.2, 0.25) is 0 Å². The van der Waals surface area contributed by atoms with Crippen LogP contribution >= 0.6 is 0 Å². The first-order valence-electron chi connectivity index (χ1n) is 9.79. The van der Waals surface area contributed by atoms with Crippen LogP contribution in [0.4, 0.5) is 0 Å². The lowest BCUT2D eigenvalue weighted by Gasteiger charge is -2.39. The molecule has 0 fully saturated rings. The molecule has 6 heteroatoms. The molecule has 6 nitrogen and oxygen atoms in total. The minimum absolute atomic E-state index is 0.108. The molecule has 1 N–H and O–H groups in total. The third-order valence-electron chi connectivity index (χ3n) is 5.57. The predicted molar refractivity (Wildman–Crippen MR) is 102 cm³/mol. The number of rotatable bonds is 8. The van der Waals surface area contributed by atoms with E-state index < -0.39 is 17.7 Å². The van der Waals surface area contributed by atoms with E-state index in [9.17, 15) is 19.5 Å². The van der Waals surface area contributed by atoms with Gasteiger partial charge in [-0.2, -0.15) is 0 Å². The SMILES string of the molecule is CCCCCCCC(=O)C1=C2C(C=O)=C3C=C(C)OC=C3[C@@H](O)[C@@]2(C)OC1=O. The lowest BCUT2D eigenvalue weighted by Crippen LogP contribution is -2.47. The maximum Gasteiger partial charge on any atom is 0.343 e. The van der Waals surface area contributed by atoms with Gasteiger partial charge in [-0.05, 0) is 31.9 Å². The first-order chi connectivity index (χ1) is 13.3. The van der Waals surface area contributed by atoms with Crippen LogP contribution in [0, 0.1) is 0 Å². The van der Waals surface area contributed by atoms with Crippen molar-refractivity contribution in [2.75, 3.05) is 0 Å². The van der Waals surface area contributed by atoms with Crippen LogP contribution in [-0.4, -0.2) is 34.9 Å². The molecule has 3 aliphatic rings. The first-order valence-corrected chi connectivity index (χ1v) is 9.79. The van der Waals surface area contributed by atoms with Crippen LogP contribution in [0.5, 0.6) is 0 Å². The van der Waals surface area contributed by atoms with Crippen LogP contribution in [0.15, 0.2) is 46.0 Å². The van der Waals surface area contributed by atoms with Crippen molar-refractivity contribution in [3.63, 3.8) is 0 Å². The Labute approximate surface area is 164 Å². The van der Waals surface area contributed by atoms with Crippen molar-refractivity contribution < 1.29 is 29.0 Å². The third-order valence-corrected chi connectivity index (χ3v) is 5.57. The van der Waals surface area contributed by atoms with Crippen LogP contribution < -0.4 is 0 Å². The summed E-state index contributed by atoms with van der Waals surface area (Å²) in [5.74, 6) is -0.577. The molecule has 0 aromatic rings. The summed E-state index contributed by atoms with van der Waals surface area (Å²) < 4.78 is 10.8. The Hall–Kier alpha value is -2.47. The van der Waals surface area contributed by atoms with E-state index in [1.54, 1.807) is 13.0 Å². The van der Waals surface area contributed by atoms with Crippen molar-refractivity contribution in [2.24, 2.45) is 0 Å². The van der Waals surface area contributed by atoms with Crippen molar-refractivity contribution in [3.05, 3.63) is 46.0 Å². The second kappa shape index (κ2) is 7.87. The highest BCUT2D eigenvalue weighted by atomic mass is 16.6. The van der Waals surface area contributed by atoms with E-state index >= 15 is 0 Å². The Morgan fingerprint density at radius 3 is 2.68 bits per heavy atom. The maximum absolute atomic E-state index is 12.8. The highest BCUT2D eigenvalue weighted by Crippen LogP contribution is 2.49. The minimum atomic E-state index is -1.49. The molecule has 0 bridgehead atoms. The smallest absolute Gasteiger partial charge is 0.343 e. The third kappa shape index (κ3) is 3.26. The molecule has 0 aromatic carbocycles. The molecule has 3 rings (SSSR count). The summed E-state index contributed by atoms with van der Waals surface area (Å²) in [6, 6.07) is 0. The number of unbranched alkanes of at least 4 members (excludes halogenated alkanes) is 4. The van der Waals surface area contributed by atoms with Gasteiger partial charge in [0.05, 0.1) is 6.26 Å². The molecule has 150 valence electrons. The number of aliphatic hydroxyl groups excluding tert-OH is 1. The zero-order valence-electron chi connectivity index (χ0n) is 16.5. The first kappa shape index (κ1) is 20.3. The van der Waals surface area contributed by atoms with E-state index in [0.717, 1.165) is 25.7 Å². The van der Waals surface area contributed by atoms with Crippen molar-refractivity contribution >= 4 is 18.0 Å². The Balaban J connectivity index is 2.03. The number of hydrogen-bond acceptors (Lipinski definition) is 6. The van der Waals surface area contributed by atoms with Gasteiger partial charge in [0.15, 0.2) is 17.7 Å². The summed E-state index contributed by atoms with van der Waals surface area (Å²) in [5, 5.41) is 10.9. The number of aldehydes is 1. The number of hydrogen-bond donors (Lipinski definition) is 1. The van der Waals surface area contributed by atoms with E-state index in [4.69, 9.17) is 9.47 Å². The van der Waals surface area contributed by atoms with Crippen molar-refractivity contribution in [1.29, 1.82) is 0 Å². The molecular formula is C22H26O6.